The van der Waals surface area contributed by atoms with Gasteiger partial charge in [0.15, 0.2) is 112 Å². The number of phosphoric acid groups is 5. The number of hydrogen-bond acceptors (Lipinski definition) is 54. The molecule has 65 nitrogen and oxygen atoms in total. The Hall–Kier alpha value is -10.9. The van der Waals surface area contributed by atoms with Crippen LogP contribution in [0.4, 0.5) is 40.6 Å². The lowest BCUT2D eigenvalue weighted by molar-refractivity contribution is -0.153. The summed E-state index contributed by atoms with van der Waals surface area (Å²) < 4.78 is 186. The minimum absolute atomic E-state index is 0.0166. The van der Waals surface area contributed by atoms with E-state index >= 15 is 0 Å². The fraction of sp³-hybridized carbons (Fsp3) is 0.457. The highest BCUT2D eigenvalue weighted by Crippen LogP contribution is 2.58. The lowest BCUT2D eigenvalue weighted by atomic mass is 10.1. The Bertz CT molecular complexity index is 7150. The molecule has 23 N–H and O–H groups in total. The molecule has 30 unspecified atom stereocenters. The number of phosphoric ester groups is 5. The van der Waals surface area contributed by atoms with Crippen molar-refractivity contribution in [3.05, 3.63) is 117 Å². The third-order valence-electron chi connectivity index (χ3n) is 23.7. The van der Waals surface area contributed by atoms with Gasteiger partial charge in [0.2, 0.25) is 0 Å². The maximum absolute atomic E-state index is 14.8. The number of rotatable bonds is 35. The first-order chi connectivity index (χ1) is 67.4. The Morgan fingerprint density at radius 1 is 0.340 bits per heavy atom. The first-order valence-electron chi connectivity index (χ1n) is 41.6. The fourth-order valence-corrected chi connectivity index (χ4v) is 22.1. The first kappa shape index (κ1) is 97.6. The molecule has 0 amide bonds. The monoisotopic (exact) mass is 2090 g/mol. The highest BCUT2D eigenvalue weighted by molar-refractivity contribution is 7.48. The van der Waals surface area contributed by atoms with Crippen molar-refractivity contribution in [3.8, 4) is 0 Å². The number of ether oxygens (including phenoxy) is 8. The molecule has 19 heterocycles. The normalized spacial score (nSPS) is 31.3. The van der Waals surface area contributed by atoms with Crippen molar-refractivity contribution in [3.63, 3.8) is 0 Å². The molecule has 752 valence electrons. The summed E-state index contributed by atoms with van der Waals surface area (Å²) >= 11 is 5.84. The second kappa shape index (κ2) is 38.4. The Morgan fingerprint density at radius 3 is 0.837 bits per heavy atom. The second-order valence-electron chi connectivity index (χ2n) is 32.2. The fourth-order valence-electron chi connectivity index (χ4n) is 17.1. The van der Waals surface area contributed by atoms with Gasteiger partial charge in [0.05, 0.1) is 77.6 Å². The Labute approximate surface area is 790 Å². The molecule has 0 saturated carbocycles. The van der Waals surface area contributed by atoms with Crippen LogP contribution in [0.1, 0.15) is 49.2 Å². The van der Waals surface area contributed by atoms with Crippen molar-refractivity contribution in [2.24, 2.45) is 0 Å². The van der Waals surface area contributed by atoms with Crippen molar-refractivity contribution in [1.82, 2.24) is 117 Å². The van der Waals surface area contributed by atoms with Crippen LogP contribution < -0.4 is 39.3 Å². The van der Waals surface area contributed by atoms with E-state index in [0.29, 0.717) is 5.56 Å². The number of halogens is 1. The van der Waals surface area contributed by atoms with E-state index in [1.165, 1.54) is 27.3 Å². The van der Waals surface area contributed by atoms with Crippen LogP contribution in [0.5, 0.6) is 0 Å². The minimum atomic E-state index is -5.95. The van der Waals surface area contributed by atoms with Crippen LogP contribution in [0.15, 0.2) is 112 Å². The minimum Gasteiger partial charge on any atom is -0.394 e. The maximum atomic E-state index is 14.8. The molecule has 0 spiro atoms. The molecule has 20 rings (SSSR count). The van der Waals surface area contributed by atoms with E-state index in [2.05, 4.69) is 89.7 Å². The summed E-state index contributed by atoms with van der Waals surface area (Å²) in [7, 11) is -27.1. The standard InChI is InChI=1S/C70H81ClN31O34P5/c1-96(7-6-71)27-4-2-26(3-5-27)70-130-50-33(129-69(51(50)131-70)102-25-95-39-57(77)83-19-89-63(39)102)13-123-141(117,118)136-49-32(128-68(44(49)108)101-24-94-38-56(76)82-18-88-62(38)101)12-122-140(115,116)135-48-31(127-67(43(48)107)100-23-93-37-55(75)81-17-87-61(37)100)11-121-139(113,114)134-47-30(126-66(42(47)106)99-22-92-36-54(74)80-16-86-60(36)99)10-120-138(111,112)133-46-29(125-65(41(46)105)98-21-91-35-53(73)79-15-85-59(35)98)9-119-137(109,110)132-45-28(8-103)124-64(40(45)104)97-20-90-34-52(72)78-14-84-58(34)97/h2-7,14-25,28-33,40-51,64-70,103-108H,8-13H2,1H3,(H,109,110)(H,111,112)(H,113,114)(H,115,116)(H,117,118)(H2,72,78,84)(H2,73,79,85)(H2,74,80,86)(H2,75,81,87)(H2,76,82,88)(H2,77,83,89)/b7-6+. The van der Waals surface area contributed by atoms with Crippen LogP contribution >= 0.6 is 50.7 Å². The highest BCUT2D eigenvalue weighted by atomic mass is 35.5. The van der Waals surface area contributed by atoms with Gasteiger partial charge in [-0.15, -0.1) is 0 Å². The Kier molecular flexibility index (Phi) is 26.5. The van der Waals surface area contributed by atoms with Gasteiger partial charge in [0, 0.05) is 30.0 Å². The van der Waals surface area contributed by atoms with Crippen LogP contribution in [0.2, 0.25) is 0 Å². The number of aliphatic hydroxyl groups excluding tert-OH is 6. The van der Waals surface area contributed by atoms with Gasteiger partial charge < -0.3 is 132 Å². The summed E-state index contributed by atoms with van der Waals surface area (Å²) in [6.07, 6.45) is -30.6. The van der Waals surface area contributed by atoms with Crippen LogP contribution in [0.25, 0.3) is 67.0 Å². The van der Waals surface area contributed by atoms with Gasteiger partial charge >= 0.3 is 39.1 Å². The topological polar surface area (TPSA) is 895 Å². The van der Waals surface area contributed by atoms with Gasteiger partial charge in [-0.25, -0.2) is 113 Å². The molecule has 0 aliphatic carbocycles. The van der Waals surface area contributed by atoms with Crippen molar-refractivity contribution >= 4 is 158 Å². The molecule has 12 aromatic heterocycles. The Morgan fingerprint density at radius 2 is 0.574 bits per heavy atom. The molecule has 0 bridgehead atoms. The molecule has 7 aliphatic rings. The number of nitrogens with two attached hydrogens (primary N) is 6. The van der Waals surface area contributed by atoms with Crippen LogP contribution in [0.3, 0.4) is 0 Å². The van der Waals surface area contributed by atoms with Crippen molar-refractivity contribution in [2.45, 2.75) is 154 Å². The zero-order valence-corrected chi connectivity index (χ0v) is 76.9. The summed E-state index contributed by atoms with van der Waals surface area (Å²) in [5.74, 6) is -0.695. The molecule has 13 aromatic rings. The lowest BCUT2D eigenvalue weighted by Gasteiger charge is -2.27. The number of anilines is 7. The third kappa shape index (κ3) is 18.8. The van der Waals surface area contributed by atoms with E-state index in [4.69, 9.17) is 129 Å². The number of benzene rings is 1. The number of nitrogen functional groups attached to an aromatic ring is 6. The molecule has 1 aromatic carbocycles. The molecule has 7 fully saturated rings. The molecule has 30 atom stereocenters. The molecule has 7 saturated heterocycles. The highest BCUT2D eigenvalue weighted by Gasteiger charge is 2.60. The van der Waals surface area contributed by atoms with E-state index in [-0.39, 0.29) is 102 Å². The SMILES string of the molecule is CN(/C=C/Cl)c1ccc(C2OC3C(COP(=O)(O)OC4C(COP(=O)(O)OC5C(COP(=O)(O)OC6C(COP(=O)(O)OC7C(COP(=O)(O)OC8C(CO)OC(n9cnc%10c(N)ncnc%109)C8O)OC(n8cnc9c(N)ncnc98)C7O)OC(n7cnc8c(N)ncnc87)C6O)OC(n6cnc7c(N)ncnc76)C5O)OC(n5cnc6c(N)ncnc65)C4O)OC(n4cnc5c(N)ncnc54)C3O2)cc1. The summed E-state index contributed by atoms with van der Waals surface area (Å²) in [4.78, 5) is 135. The first-order valence-corrected chi connectivity index (χ1v) is 49.5. The summed E-state index contributed by atoms with van der Waals surface area (Å²) in [6.45, 7) is -6.90. The summed E-state index contributed by atoms with van der Waals surface area (Å²) in [6, 6.07) is 7.02. The molecule has 0 radical (unpaired) electrons. The smallest absolute Gasteiger partial charge is 0.394 e. The predicted molar refractivity (Wildman–Crippen MR) is 465 cm³/mol. The lowest BCUT2D eigenvalue weighted by Crippen LogP contribution is -2.38. The number of nitrogens with zero attached hydrogens (tertiary/aromatic N) is 25. The van der Waals surface area contributed by atoms with Crippen LogP contribution in [-0.4, -0.2) is 329 Å². The zero-order chi connectivity index (χ0) is 98.9. The third-order valence-corrected chi connectivity index (χ3v) is 28.7. The molecule has 141 heavy (non-hydrogen) atoms. The number of aromatic nitrogens is 24. The zero-order valence-electron chi connectivity index (χ0n) is 71.6. The average Bonchev–Trinajstić information content (AvgIpc) is 1.62. The largest absolute Gasteiger partial charge is 0.472 e. The molecule has 71 heteroatoms. The predicted octanol–water partition coefficient (Wildman–Crippen LogP) is -2.16. The number of fused-ring (bicyclic) bond motifs is 7. The van der Waals surface area contributed by atoms with E-state index in [1.807, 2.05) is 0 Å². The van der Waals surface area contributed by atoms with Gasteiger partial charge in [-0.05, 0) is 12.1 Å². The molecular weight excluding hydrogens is 2010 g/mol. The van der Waals surface area contributed by atoms with Gasteiger partial charge in [0.25, 0.3) is 0 Å². The van der Waals surface area contributed by atoms with Crippen molar-refractivity contribution in [2.75, 3.05) is 86.0 Å². The number of imidazole rings is 6. The number of aliphatic hydroxyl groups is 6. The average molecular weight is 2090 g/mol. The quantitative estimate of drug-likeness (QED) is 0.0188. The van der Waals surface area contributed by atoms with Crippen LogP contribution in [0, 0.1) is 0 Å². The van der Waals surface area contributed by atoms with Gasteiger partial charge in [-0.2, -0.15) is 0 Å². The van der Waals surface area contributed by atoms with Gasteiger partial charge in [0.1, 0.15) is 181 Å². The number of hydrogen-bond donors (Lipinski definition) is 17. The van der Waals surface area contributed by atoms with Crippen molar-refractivity contribution in [1.29, 1.82) is 0 Å². The van der Waals surface area contributed by atoms with E-state index in [9.17, 15) is 77.9 Å². The van der Waals surface area contributed by atoms with Gasteiger partial charge in [-0.1, -0.05) is 23.7 Å². The maximum Gasteiger partial charge on any atom is 0.472 e. The van der Waals surface area contributed by atoms with Crippen molar-refractivity contribution < 1.29 is 161 Å². The summed E-state index contributed by atoms with van der Waals surface area (Å²) in [5, 5.41) is 71.0. The molecular formula is C70H81ClN31O34P5. The second-order valence-corrected chi connectivity index (χ2v) is 39.5. The molecule has 7 aliphatic heterocycles. The van der Waals surface area contributed by atoms with Crippen LogP contribution in [-0.2, 0) is 106 Å². The summed E-state index contributed by atoms with van der Waals surface area (Å²) in [5.41, 5.74) is 39.0. The van der Waals surface area contributed by atoms with E-state index in [1.54, 1.807) is 42.4 Å². The van der Waals surface area contributed by atoms with Gasteiger partial charge in [-0.3, -0.25) is 72.6 Å². The Balaban J connectivity index is 0.542. The van der Waals surface area contributed by atoms with E-state index < -0.39 is 232 Å². The van der Waals surface area contributed by atoms with E-state index in [0.717, 1.165) is 87.2 Å².